The third-order valence-electron chi connectivity index (χ3n) is 6.63. The van der Waals surface area contributed by atoms with Gasteiger partial charge in [0.2, 0.25) is 0 Å². The molecule has 38 heavy (non-hydrogen) atoms. The summed E-state index contributed by atoms with van der Waals surface area (Å²) < 4.78 is 15.8. The number of rotatable bonds is 3. The van der Waals surface area contributed by atoms with Gasteiger partial charge in [-0.1, -0.05) is 48.0 Å². The number of hydrogen-bond donors (Lipinski definition) is 1. The minimum absolute atomic E-state index is 0.0331. The molecule has 0 saturated carbocycles. The average molecular weight is 539 g/mol. The molecule has 0 saturated heterocycles. The van der Waals surface area contributed by atoms with Crippen molar-refractivity contribution in [2.75, 3.05) is 10.2 Å². The Labute approximate surface area is 227 Å². The second-order valence-electron chi connectivity index (χ2n) is 9.00. The van der Waals surface area contributed by atoms with Crippen molar-refractivity contribution in [2.45, 2.75) is 13.0 Å². The summed E-state index contributed by atoms with van der Waals surface area (Å²) in [5.74, 6) is 1.46. The lowest BCUT2D eigenvalue weighted by Crippen LogP contribution is -2.46. The molecule has 0 radical (unpaired) electrons. The van der Waals surface area contributed by atoms with E-state index in [2.05, 4.69) is 33.8 Å². The molecule has 7 rings (SSSR count). The number of nitrogens with zero attached hydrogens (tertiary/aromatic N) is 5. The number of hydrogen-bond acceptors (Lipinski definition) is 6. The van der Waals surface area contributed by atoms with Crippen LogP contribution in [-0.4, -0.2) is 21.5 Å². The molecule has 1 atom stereocenters. The second-order valence-corrected chi connectivity index (χ2v) is 10.4. The van der Waals surface area contributed by atoms with Gasteiger partial charge < -0.3 is 10.2 Å². The van der Waals surface area contributed by atoms with Crippen LogP contribution in [0.2, 0.25) is 5.02 Å². The average Bonchev–Trinajstić information content (AvgIpc) is 3.59. The van der Waals surface area contributed by atoms with Crippen molar-refractivity contribution in [3.8, 4) is 5.69 Å². The third-order valence-corrected chi connectivity index (χ3v) is 7.85. The molecular weight excluding hydrogens is 519 g/mol. The first kappa shape index (κ1) is 22.9. The minimum atomic E-state index is -0.477. The smallest absolute Gasteiger partial charge is 0.179 e. The van der Waals surface area contributed by atoms with E-state index in [1.165, 1.54) is 6.07 Å². The Balaban J connectivity index is 1.48. The number of thiophene rings is 1. The number of nitrogens with one attached hydrogen (secondary N) is 1. The molecule has 0 amide bonds. The number of aryl methyl sites for hydroxylation is 1. The van der Waals surface area contributed by atoms with Crippen LogP contribution in [0.5, 0.6) is 0 Å². The Morgan fingerprint density at radius 2 is 1.76 bits per heavy atom. The molecule has 0 unspecified atom stereocenters. The maximum absolute atomic E-state index is 13.9. The molecule has 0 bridgehead atoms. The van der Waals surface area contributed by atoms with Crippen molar-refractivity contribution in [3.63, 3.8) is 0 Å². The lowest BCUT2D eigenvalue weighted by atomic mass is 9.98. The van der Waals surface area contributed by atoms with Crippen LogP contribution in [0.15, 0.2) is 100 Å². The molecule has 0 aliphatic carbocycles. The highest BCUT2D eigenvalue weighted by molar-refractivity contribution is 7.10. The monoisotopic (exact) mass is 538 g/mol. The predicted molar refractivity (Wildman–Crippen MR) is 153 cm³/mol. The van der Waals surface area contributed by atoms with Gasteiger partial charge in [0.05, 0.1) is 27.8 Å². The van der Waals surface area contributed by atoms with Gasteiger partial charge in [-0.3, -0.25) is 0 Å². The van der Waals surface area contributed by atoms with E-state index < -0.39 is 5.82 Å². The lowest BCUT2D eigenvalue weighted by Gasteiger charge is -2.40. The maximum atomic E-state index is 13.9. The van der Waals surface area contributed by atoms with Crippen LogP contribution < -0.4 is 10.2 Å². The van der Waals surface area contributed by atoms with Crippen molar-refractivity contribution in [1.82, 2.24) is 9.78 Å². The number of fused-ring (bicyclic) bond motifs is 4. The summed E-state index contributed by atoms with van der Waals surface area (Å²) in [6.45, 7) is 2.03. The fourth-order valence-corrected chi connectivity index (χ4v) is 5.98. The first-order chi connectivity index (χ1) is 18.6. The van der Waals surface area contributed by atoms with Gasteiger partial charge in [-0.2, -0.15) is 5.10 Å². The summed E-state index contributed by atoms with van der Waals surface area (Å²) in [5, 5.41) is 10.4. The van der Waals surface area contributed by atoms with Gasteiger partial charge in [0.25, 0.3) is 0 Å². The van der Waals surface area contributed by atoms with Crippen molar-refractivity contribution >= 4 is 57.5 Å². The zero-order valence-electron chi connectivity index (χ0n) is 20.1. The van der Waals surface area contributed by atoms with Crippen LogP contribution in [0.3, 0.4) is 0 Å². The summed E-state index contributed by atoms with van der Waals surface area (Å²) in [4.78, 5) is 13.5. The lowest BCUT2D eigenvalue weighted by molar-refractivity contribution is 0.628. The highest BCUT2D eigenvalue weighted by Gasteiger charge is 2.41. The molecule has 9 heteroatoms. The predicted octanol–water partition coefficient (Wildman–Crippen LogP) is 7.83. The molecule has 0 fully saturated rings. The van der Waals surface area contributed by atoms with E-state index in [0.717, 1.165) is 39.0 Å². The number of benzene rings is 3. The second kappa shape index (κ2) is 8.93. The number of aliphatic imine (C=N–C) groups is 2. The van der Waals surface area contributed by atoms with Crippen LogP contribution in [0.25, 0.3) is 5.69 Å². The van der Waals surface area contributed by atoms with E-state index in [1.807, 2.05) is 60.1 Å². The Hall–Kier alpha value is -4.27. The van der Waals surface area contributed by atoms with Crippen molar-refractivity contribution in [2.24, 2.45) is 9.98 Å². The van der Waals surface area contributed by atoms with Crippen LogP contribution in [0, 0.1) is 12.7 Å². The number of anilines is 2. The van der Waals surface area contributed by atoms with Crippen molar-refractivity contribution in [3.05, 3.63) is 117 Å². The van der Waals surface area contributed by atoms with Gasteiger partial charge in [0.1, 0.15) is 11.9 Å². The highest BCUT2D eigenvalue weighted by atomic mass is 35.5. The van der Waals surface area contributed by atoms with E-state index in [9.17, 15) is 4.39 Å². The Morgan fingerprint density at radius 3 is 2.55 bits per heavy atom. The van der Waals surface area contributed by atoms with E-state index in [1.54, 1.807) is 23.5 Å². The Bertz CT molecular complexity index is 1740. The topological polar surface area (TPSA) is 57.8 Å². The van der Waals surface area contributed by atoms with Gasteiger partial charge in [-0.05, 0) is 60.8 Å². The number of para-hydroxylation sites is 3. The van der Waals surface area contributed by atoms with Crippen molar-refractivity contribution in [1.29, 1.82) is 0 Å². The zero-order valence-corrected chi connectivity index (χ0v) is 21.7. The standard InChI is InChI=1S/C29H20ClFN6S/c1-17-25-26(24-12-7-15-38-24)36-23-11-6-5-10-22(23)33-27(32-18-13-14-21(31)20(30)16-18)29(36)34-28(25)37(35-17)19-8-3-2-4-9-19/h2-16,26H,1H3,(H,32,33)/t26-/m1/s1. The molecule has 2 aromatic heterocycles. The van der Waals surface area contributed by atoms with E-state index in [4.69, 9.17) is 26.7 Å². The van der Waals surface area contributed by atoms with Crippen LogP contribution in [0.1, 0.15) is 22.2 Å². The molecule has 2 aliphatic heterocycles. The summed E-state index contributed by atoms with van der Waals surface area (Å²) in [6.07, 6.45) is 0. The summed E-state index contributed by atoms with van der Waals surface area (Å²) >= 11 is 7.79. The van der Waals surface area contributed by atoms with Crippen LogP contribution in [0.4, 0.5) is 27.3 Å². The molecule has 4 heterocycles. The summed E-state index contributed by atoms with van der Waals surface area (Å²) in [7, 11) is 0. The van der Waals surface area contributed by atoms with Crippen molar-refractivity contribution < 1.29 is 4.39 Å². The van der Waals surface area contributed by atoms with Crippen LogP contribution in [-0.2, 0) is 0 Å². The van der Waals surface area contributed by atoms with Gasteiger partial charge in [-0.25, -0.2) is 19.1 Å². The highest BCUT2D eigenvalue weighted by Crippen LogP contribution is 2.49. The van der Waals surface area contributed by atoms with Gasteiger partial charge in [-0.15, -0.1) is 11.3 Å². The van der Waals surface area contributed by atoms with E-state index in [-0.39, 0.29) is 11.1 Å². The minimum Gasteiger partial charge on any atom is -0.337 e. The SMILES string of the molecule is Cc1nn(-c2ccccc2)c2c1[C@@H](c1cccs1)N1C(=N2)C(Nc2ccc(F)c(Cl)c2)=Nc2ccccc21. The molecule has 2 aliphatic rings. The van der Waals surface area contributed by atoms with E-state index >= 15 is 0 Å². The van der Waals surface area contributed by atoms with Gasteiger partial charge in [0, 0.05) is 16.1 Å². The third kappa shape index (κ3) is 3.64. The molecule has 3 aromatic carbocycles. The number of halogens is 2. The van der Waals surface area contributed by atoms with E-state index in [0.29, 0.717) is 17.4 Å². The fourth-order valence-electron chi connectivity index (χ4n) is 4.97. The summed E-state index contributed by atoms with van der Waals surface area (Å²) in [5.41, 5.74) is 5.24. The molecule has 5 aromatic rings. The molecule has 1 N–H and O–H groups in total. The first-order valence-electron chi connectivity index (χ1n) is 12.0. The van der Waals surface area contributed by atoms with Gasteiger partial charge in [0.15, 0.2) is 17.5 Å². The maximum Gasteiger partial charge on any atom is 0.179 e. The zero-order chi connectivity index (χ0) is 25.8. The molecule has 0 spiro atoms. The Kier molecular flexibility index (Phi) is 5.38. The molecule has 186 valence electrons. The number of aromatic nitrogens is 2. The Morgan fingerprint density at radius 1 is 0.947 bits per heavy atom. The van der Waals surface area contributed by atoms with Crippen LogP contribution >= 0.6 is 22.9 Å². The first-order valence-corrected chi connectivity index (χ1v) is 13.3. The normalized spacial score (nSPS) is 15.8. The summed E-state index contributed by atoms with van der Waals surface area (Å²) in [6, 6.07) is 26.6. The largest absolute Gasteiger partial charge is 0.337 e. The quantitative estimate of drug-likeness (QED) is 0.254. The number of amidine groups is 2. The fraction of sp³-hybridized carbons (Fsp3) is 0.0690. The molecule has 6 nitrogen and oxygen atoms in total. The molecular formula is C29H20ClFN6S. The van der Waals surface area contributed by atoms with Gasteiger partial charge >= 0.3 is 0 Å².